The molecule has 0 aliphatic carbocycles. The zero-order chi connectivity index (χ0) is 13.1. The van der Waals surface area contributed by atoms with E-state index >= 15 is 0 Å². The Kier molecular flexibility index (Phi) is 3.55. The van der Waals surface area contributed by atoms with Gasteiger partial charge in [-0.3, -0.25) is 4.79 Å². The van der Waals surface area contributed by atoms with Gasteiger partial charge in [0.15, 0.2) is 0 Å². The molecule has 1 amide bonds. The molecule has 2 aliphatic heterocycles. The molecule has 0 bridgehead atoms. The minimum atomic E-state index is -0.0245. The highest BCUT2D eigenvalue weighted by Crippen LogP contribution is 2.28. The van der Waals surface area contributed by atoms with E-state index in [0.29, 0.717) is 12.2 Å². The number of benzene rings is 1. The molecule has 3 N–H and O–H groups in total. The van der Waals surface area contributed by atoms with Gasteiger partial charge in [-0.15, -0.1) is 0 Å². The summed E-state index contributed by atoms with van der Waals surface area (Å²) in [5.41, 5.74) is 2.61. The number of hydrogen-bond donors (Lipinski definition) is 3. The minimum Gasteiger partial charge on any atom is -0.382 e. The summed E-state index contributed by atoms with van der Waals surface area (Å²) < 4.78 is 5.39. The molecule has 1 saturated heterocycles. The summed E-state index contributed by atoms with van der Waals surface area (Å²) in [5, 5.41) is 9.64. The number of ether oxygens (including phenoxy) is 1. The van der Waals surface area contributed by atoms with Gasteiger partial charge < -0.3 is 20.7 Å². The molecule has 102 valence electrons. The van der Waals surface area contributed by atoms with Crippen LogP contribution in [0.4, 0.5) is 11.4 Å². The van der Waals surface area contributed by atoms with Crippen LogP contribution in [0, 0.1) is 0 Å². The Morgan fingerprint density at radius 3 is 3.05 bits per heavy atom. The minimum absolute atomic E-state index is 0.0245. The lowest BCUT2D eigenvalue weighted by atomic mass is 10.1. The second-order valence-corrected chi connectivity index (χ2v) is 4.97. The van der Waals surface area contributed by atoms with E-state index in [1.807, 2.05) is 18.2 Å². The third-order valence-electron chi connectivity index (χ3n) is 3.55. The zero-order valence-corrected chi connectivity index (χ0v) is 10.9. The second kappa shape index (κ2) is 5.48. The SMILES string of the molecule is O=C(NC1CCCOC1)c1cccc2c1NCCN2. The van der Waals surface area contributed by atoms with Crippen LogP contribution in [0.5, 0.6) is 0 Å². The highest BCUT2D eigenvalue weighted by molar-refractivity contribution is 6.02. The van der Waals surface area contributed by atoms with Gasteiger partial charge in [-0.25, -0.2) is 0 Å². The molecule has 1 atom stereocenters. The first-order valence-corrected chi connectivity index (χ1v) is 6.84. The monoisotopic (exact) mass is 261 g/mol. The van der Waals surface area contributed by atoms with Crippen molar-refractivity contribution >= 4 is 17.3 Å². The van der Waals surface area contributed by atoms with E-state index in [4.69, 9.17) is 4.74 Å². The normalized spacial score (nSPS) is 21.8. The Labute approximate surface area is 112 Å². The van der Waals surface area contributed by atoms with Gasteiger partial charge in [-0.1, -0.05) is 6.07 Å². The molecule has 2 heterocycles. The van der Waals surface area contributed by atoms with Crippen LogP contribution in [0.3, 0.4) is 0 Å². The summed E-state index contributed by atoms with van der Waals surface area (Å²) in [4.78, 5) is 12.4. The molecule has 19 heavy (non-hydrogen) atoms. The summed E-state index contributed by atoms with van der Waals surface area (Å²) in [6, 6.07) is 5.89. The molecule has 0 aromatic heterocycles. The van der Waals surface area contributed by atoms with E-state index in [1.54, 1.807) is 0 Å². The van der Waals surface area contributed by atoms with Crippen LogP contribution in [0.15, 0.2) is 18.2 Å². The lowest BCUT2D eigenvalue weighted by Crippen LogP contribution is -2.41. The Bertz CT molecular complexity index is 470. The van der Waals surface area contributed by atoms with Crippen molar-refractivity contribution in [3.05, 3.63) is 23.8 Å². The molecule has 0 saturated carbocycles. The van der Waals surface area contributed by atoms with E-state index < -0.39 is 0 Å². The lowest BCUT2D eigenvalue weighted by Gasteiger charge is -2.25. The molecule has 5 heteroatoms. The van der Waals surface area contributed by atoms with Crippen molar-refractivity contribution in [2.75, 3.05) is 36.9 Å². The predicted molar refractivity (Wildman–Crippen MR) is 74.7 cm³/mol. The van der Waals surface area contributed by atoms with Crippen molar-refractivity contribution in [1.29, 1.82) is 0 Å². The molecule has 0 radical (unpaired) electrons. The van der Waals surface area contributed by atoms with E-state index in [9.17, 15) is 4.79 Å². The average molecular weight is 261 g/mol. The van der Waals surface area contributed by atoms with Crippen molar-refractivity contribution in [3.63, 3.8) is 0 Å². The Morgan fingerprint density at radius 2 is 2.21 bits per heavy atom. The van der Waals surface area contributed by atoms with Gasteiger partial charge in [0.25, 0.3) is 5.91 Å². The number of hydrogen-bond acceptors (Lipinski definition) is 4. The zero-order valence-electron chi connectivity index (χ0n) is 10.9. The molecule has 3 rings (SSSR count). The largest absolute Gasteiger partial charge is 0.382 e. The first kappa shape index (κ1) is 12.3. The molecule has 1 aromatic rings. The Hall–Kier alpha value is -1.75. The molecule has 1 fully saturated rings. The van der Waals surface area contributed by atoms with Crippen molar-refractivity contribution in [3.8, 4) is 0 Å². The molecule has 5 nitrogen and oxygen atoms in total. The van der Waals surface area contributed by atoms with Gasteiger partial charge in [0.2, 0.25) is 0 Å². The van der Waals surface area contributed by atoms with Crippen LogP contribution in [0.1, 0.15) is 23.2 Å². The number of fused-ring (bicyclic) bond motifs is 1. The number of carbonyl (C=O) groups excluding carboxylic acids is 1. The maximum atomic E-state index is 12.4. The van der Waals surface area contributed by atoms with Crippen LogP contribution in [0.2, 0.25) is 0 Å². The number of carbonyl (C=O) groups is 1. The van der Waals surface area contributed by atoms with Crippen molar-refractivity contribution in [1.82, 2.24) is 5.32 Å². The fourth-order valence-electron chi connectivity index (χ4n) is 2.58. The summed E-state index contributed by atoms with van der Waals surface area (Å²) in [6.45, 7) is 3.14. The van der Waals surface area contributed by atoms with Gasteiger partial charge in [-0.2, -0.15) is 0 Å². The van der Waals surface area contributed by atoms with Crippen LogP contribution in [0.25, 0.3) is 0 Å². The topological polar surface area (TPSA) is 62.4 Å². The molecule has 0 spiro atoms. The third kappa shape index (κ3) is 2.66. The number of nitrogens with one attached hydrogen (secondary N) is 3. The third-order valence-corrected chi connectivity index (χ3v) is 3.55. The summed E-state index contributed by atoms with van der Waals surface area (Å²) in [6.07, 6.45) is 2.00. The molecule has 2 aliphatic rings. The van der Waals surface area contributed by atoms with Crippen LogP contribution in [-0.4, -0.2) is 38.3 Å². The fourth-order valence-corrected chi connectivity index (χ4v) is 2.58. The molecular formula is C14H19N3O2. The van der Waals surface area contributed by atoms with Gasteiger partial charge in [0, 0.05) is 19.7 Å². The van der Waals surface area contributed by atoms with E-state index in [-0.39, 0.29) is 11.9 Å². The Morgan fingerprint density at radius 1 is 1.32 bits per heavy atom. The Balaban J connectivity index is 1.75. The number of rotatable bonds is 2. The number of para-hydroxylation sites is 1. The summed E-state index contributed by atoms with van der Waals surface area (Å²) >= 11 is 0. The number of amides is 1. The van der Waals surface area contributed by atoms with Crippen molar-refractivity contribution in [2.45, 2.75) is 18.9 Å². The maximum Gasteiger partial charge on any atom is 0.253 e. The molecule has 1 unspecified atom stereocenters. The van der Waals surface area contributed by atoms with E-state index in [0.717, 1.165) is 43.9 Å². The predicted octanol–water partition coefficient (Wildman–Crippen LogP) is 1.43. The second-order valence-electron chi connectivity index (χ2n) is 4.97. The van der Waals surface area contributed by atoms with E-state index in [2.05, 4.69) is 16.0 Å². The lowest BCUT2D eigenvalue weighted by molar-refractivity contribution is 0.0624. The van der Waals surface area contributed by atoms with Gasteiger partial charge in [0.1, 0.15) is 0 Å². The number of anilines is 2. The van der Waals surface area contributed by atoms with Gasteiger partial charge in [0.05, 0.1) is 29.6 Å². The standard InChI is InChI=1S/C14H19N3O2/c18-14(17-10-3-2-8-19-9-10)11-4-1-5-12-13(11)16-7-6-15-12/h1,4-5,10,15-16H,2-3,6-9H2,(H,17,18). The fraction of sp³-hybridized carbons (Fsp3) is 0.500. The molecular weight excluding hydrogens is 242 g/mol. The smallest absolute Gasteiger partial charge is 0.253 e. The maximum absolute atomic E-state index is 12.4. The van der Waals surface area contributed by atoms with Gasteiger partial charge in [-0.05, 0) is 25.0 Å². The van der Waals surface area contributed by atoms with Gasteiger partial charge >= 0.3 is 0 Å². The van der Waals surface area contributed by atoms with Crippen LogP contribution < -0.4 is 16.0 Å². The van der Waals surface area contributed by atoms with Crippen molar-refractivity contribution < 1.29 is 9.53 Å². The van der Waals surface area contributed by atoms with E-state index in [1.165, 1.54) is 0 Å². The van der Waals surface area contributed by atoms with Crippen LogP contribution >= 0.6 is 0 Å². The van der Waals surface area contributed by atoms with Crippen LogP contribution in [-0.2, 0) is 4.74 Å². The summed E-state index contributed by atoms with van der Waals surface area (Å²) in [7, 11) is 0. The first-order chi connectivity index (χ1) is 9.34. The summed E-state index contributed by atoms with van der Waals surface area (Å²) in [5.74, 6) is -0.0245. The van der Waals surface area contributed by atoms with Crippen molar-refractivity contribution in [2.24, 2.45) is 0 Å². The highest BCUT2D eigenvalue weighted by atomic mass is 16.5. The first-order valence-electron chi connectivity index (χ1n) is 6.84. The molecule has 1 aromatic carbocycles. The quantitative estimate of drug-likeness (QED) is 0.753. The average Bonchev–Trinajstić information content (AvgIpc) is 2.47. The highest BCUT2D eigenvalue weighted by Gasteiger charge is 2.21.